The van der Waals surface area contributed by atoms with Crippen molar-refractivity contribution in [2.75, 3.05) is 45.8 Å². The van der Waals surface area contributed by atoms with Crippen molar-refractivity contribution < 1.29 is 29.0 Å². The molecule has 0 saturated carbocycles. The molecule has 10 heteroatoms. The minimum Gasteiger partial charge on any atom is -0.483 e. The Balaban J connectivity index is 0.000000968. The largest absolute Gasteiger partial charge is 0.483 e. The van der Waals surface area contributed by atoms with Gasteiger partial charge in [0.05, 0.1) is 5.39 Å². The quantitative estimate of drug-likeness (QED) is 0.639. The van der Waals surface area contributed by atoms with Crippen molar-refractivity contribution in [2.24, 2.45) is 0 Å². The lowest BCUT2D eigenvalue weighted by Gasteiger charge is -2.42. The molecule has 0 atom stereocenters. The third kappa shape index (κ3) is 5.40. The second kappa shape index (κ2) is 10.6. The maximum absolute atomic E-state index is 12.9. The van der Waals surface area contributed by atoms with Gasteiger partial charge in [-0.1, -0.05) is 19.1 Å². The van der Waals surface area contributed by atoms with Crippen LogP contribution in [0.4, 0.5) is 0 Å². The number of hydrogen-bond acceptors (Lipinski definition) is 7. The van der Waals surface area contributed by atoms with Gasteiger partial charge in [0.15, 0.2) is 11.2 Å². The molecule has 2 saturated heterocycles. The number of benzene rings is 1. The van der Waals surface area contributed by atoms with Crippen LogP contribution in [0.2, 0.25) is 0 Å². The Morgan fingerprint density at radius 1 is 1.06 bits per heavy atom. The first-order valence-electron chi connectivity index (χ1n) is 11.0. The zero-order chi connectivity index (χ0) is 24.0. The fraction of sp³-hybridized carbons (Fsp3) is 0.478. The van der Waals surface area contributed by atoms with Gasteiger partial charge in [-0.3, -0.25) is 19.2 Å². The fourth-order valence-electron chi connectivity index (χ4n) is 4.22. The number of para-hydroxylation sites is 1. The van der Waals surface area contributed by atoms with Crippen LogP contribution in [0.15, 0.2) is 39.5 Å². The van der Waals surface area contributed by atoms with Gasteiger partial charge in [0.1, 0.15) is 11.2 Å². The number of fused-ring (bicyclic) bond motifs is 1. The van der Waals surface area contributed by atoms with E-state index < -0.39 is 11.5 Å². The summed E-state index contributed by atoms with van der Waals surface area (Å²) in [6.45, 7) is 6.09. The normalized spacial score (nSPS) is 18.4. The zero-order valence-electron chi connectivity index (χ0n) is 18.6. The van der Waals surface area contributed by atoms with Gasteiger partial charge in [-0.05, 0) is 18.7 Å². The Morgan fingerprint density at radius 3 is 2.27 bits per heavy atom. The van der Waals surface area contributed by atoms with Gasteiger partial charge in [-0.2, -0.15) is 0 Å². The highest BCUT2D eigenvalue weighted by molar-refractivity contribution is 5.93. The number of hydrogen-bond donors (Lipinski definition) is 2. The van der Waals surface area contributed by atoms with Crippen molar-refractivity contribution in [2.45, 2.75) is 25.4 Å². The Kier molecular flexibility index (Phi) is 7.83. The molecule has 0 bridgehead atoms. The number of amides is 2. The number of carbonyl (C=O) groups excluding carboxylic acids is 2. The van der Waals surface area contributed by atoms with Crippen molar-refractivity contribution in [1.82, 2.24) is 14.7 Å². The van der Waals surface area contributed by atoms with E-state index in [9.17, 15) is 19.5 Å². The maximum atomic E-state index is 12.9. The minimum absolute atomic E-state index is 0.0221. The number of carboxylic acid groups (broad SMARTS) is 1. The van der Waals surface area contributed by atoms with Gasteiger partial charge in [-0.15, -0.1) is 0 Å². The molecule has 3 heterocycles. The highest BCUT2D eigenvalue weighted by Crippen LogP contribution is 2.26. The number of likely N-dealkylation sites (N-methyl/N-ethyl adjacent to an activating group) is 1. The van der Waals surface area contributed by atoms with E-state index in [2.05, 4.69) is 11.8 Å². The average molecular weight is 459 g/mol. The smallest absolute Gasteiger partial charge is 0.290 e. The van der Waals surface area contributed by atoms with E-state index >= 15 is 0 Å². The molecule has 2 aromatic rings. The fourth-order valence-corrected chi connectivity index (χ4v) is 4.22. The second-order valence-corrected chi connectivity index (χ2v) is 8.13. The first-order valence-corrected chi connectivity index (χ1v) is 11.0. The summed E-state index contributed by atoms with van der Waals surface area (Å²) in [7, 11) is 0. The van der Waals surface area contributed by atoms with Gasteiger partial charge in [-0.25, -0.2) is 0 Å². The molecule has 10 nitrogen and oxygen atoms in total. The van der Waals surface area contributed by atoms with E-state index in [1.165, 1.54) is 11.0 Å². The zero-order valence-corrected chi connectivity index (χ0v) is 18.6. The summed E-state index contributed by atoms with van der Waals surface area (Å²) in [4.78, 5) is 51.9. The lowest BCUT2D eigenvalue weighted by atomic mass is 9.89. The SMILES string of the molecule is CCN1CCN(C(=O)C2(O)CCN(C(=O)c3cc(=O)c4ccccc4o3)CC2)CC1.O=CO. The molecule has 1 aromatic carbocycles. The topological polar surface area (TPSA) is 132 Å². The number of piperidine rings is 1. The molecule has 0 radical (unpaired) electrons. The molecular weight excluding hydrogens is 430 g/mol. The number of likely N-dealkylation sites (tertiary alicyclic amines) is 1. The molecule has 2 N–H and O–H groups in total. The molecule has 178 valence electrons. The number of aliphatic hydroxyl groups is 1. The molecular formula is C23H29N3O7. The Hall–Kier alpha value is -3.24. The lowest BCUT2D eigenvalue weighted by molar-refractivity contribution is -0.157. The van der Waals surface area contributed by atoms with E-state index in [0.717, 1.165) is 19.6 Å². The van der Waals surface area contributed by atoms with Crippen molar-refractivity contribution in [3.05, 3.63) is 46.3 Å². The van der Waals surface area contributed by atoms with Crippen molar-refractivity contribution >= 4 is 29.3 Å². The van der Waals surface area contributed by atoms with E-state index in [1.54, 1.807) is 29.2 Å². The van der Waals surface area contributed by atoms with E-state index in [0.29, 0.717) is 24.1 Å². The van der Waals surface area contributed by atoms with Crippen LogP contribution in [-0.2, 0) is 9.59 Å². The number of rotatable bonds is 3. The van der Waals surface area contributed by atoms with Crippen LogP contribution in [0.3, 0.4) is 0 Å². The van der Waals surface area contributed by atoms with Crippen LogP contribution in [-0.4, -0.2) is 94.6 Å². The second-order valence-electron chi connectivity index (χ2n) is 8.13. The summed E-state index contributed by atoms with van der Waals surface area (Å²) in [5.74, 6) is -0.669. The van der Waals surface area contributed by atoms with Crippen molar-refractivity contribution in [3.63, 3.8) is 0 Å². The Morgan fingerprint density at radius 2 is 1.67 bits per heavy atom. The molecule has 33 heavy (non-hydrogen) atoms. The molecule has 2 fully saturated rings. The first-order chi connectivity index (χ1) is 15.8. The highest BCUT2D eigenvalue weighted by Gasteiger charge is 2.43. The Bertz CT molecular complexity index is 1050. The standard InChI is InChI=1S/C22H27N3O5.CH2O2/c1-2-23-11-13-25(14-12-23)21(28)22(29)7-9-24(10-8-22)20(27)19-15-17(26)16-5-3-4-6-18(16)30-19;2-1-3/h3-6,15,29H,2,7-14H2,1H3;1H,(H,2,3). The summed E-state index contributed by atoms with van der Waals surface area (Å²) in [5, 5.41) is 18.3. The van der Waals surface area contributed by atoms with Gasteiger partial charge >= 0.3 is 0 Å². The van der Waals surface area contributed by atoms with Gasteiger partial charge < -0.3 is 29.3 Å². The molecule has 0 unspecified atom stereocenters. The highest BCUT2D eigenvalue weighted by atomic mass is 16.4. The van der Waals surface area contributed by atoms with Crippen molar-refractivity contribution in [1.29, 1.82) is 0 Å². The average Bonchev–Trinajstić information content (AvgIpc) is 2.84. The van der Waals surface area contributed by atoms with Gasteiger partial charge in [0.25, 0.3) is 18.3 Å². The molecule has 1 aromatic heterocycles. The van der Waals surface area contributed by atoms with Crippen LogP contribution >= 0.6 is 0 Å². The molecule has 2 aliphatic rings. The van der Waals surface area contributed by atoms with Crippen LogP contribution in [0.5, 0.6) is 0 Å². The van der Waals surface area contributed by atoms with Crippen LogP contribution in [0, 0.1) is 0 Å². The summed E-state index contributed by atoms with van der Waals surface area (Å²) < 4.78 is 5.64. The van der Waals surface area contributed by atoms with E-state index in [4.69, 9.17) is 14.3 Å². The predicted molar refractivity (Wildman–Crippen MR) is 120 cm³/mol. The summed E-state index contributed by atoms with van der Waals surface area (Å²) in [5.41, 5.74) is -1.35. The lowest BCUT2D eigenvalue weighted by Crippen LogP contribution is -2.59. The predicted octanol–water partition coefficient (Wildman–Crippen LogP) is 0.625. The molecule has 4 rings (SSSR count). The number of carbonyl (C=O) groups is 3. The number of piperazine rings is 1. The molecule has 0 aliphatic carbocycles. The third-order valence-corrected chi connectivity index (χ3v) is 6.23. The first kappa shape index (κ1) is 24.4. The van der Waals surface area contributed by atoms with Gasteiger partial charge in [0, 0.05) is 58.2 Å². The monoisotopic (exact) mass is 459 g/mol. The van der Waals surface area contributed by atoms with Crippen LogP contribution in [0.1, 0.15) is 30.3 Å². The van der Waals surface area contributed by atoms with Crippen molar-refractivity contribution in [3.8, 4) is 0 Å². The van der Waals surface area contributed by atoms with Crippen LogP contribution in [0.25, 0.3) is 11.0 Å². The maximum Gasteiger partial charge on any atom is 0.290 e. The number of nitrogens with zero attached hydrogens (tertiary/aromatic N) is 3. The minimum atomic E-state index is -1.45. The van der Waals surface area contributed by atoms with Crippen LogP contribution < -0.4 is 5.43 Å². The third-order valence-electron chi connectivity index (χ3n) is 6.23. The molecule has 2 amide bonds. The summed E-state index contributed by atoms with van der Waals surface area (Å²) in [6, 6.07) is 8.00. The Labute approximate surface area is 191 Å². The van der Waals surface area contributed by atoms with Gasteiger partial charge in [0.2, 0.25) is 0 Å². The molecule has 0 spiro atoms. The summed E-state index contributed by atoms with van der Waals surface area (Å²) in [6.07, 6.45) is 0.340. The molecule has 2 aliphatic heterocycles. The summed E-state index contributed by atoms with van der Waals surface area (Å²) >= 11 is 0. The van der Waals surface area contributed by atoms with E-state index in [1.807, 2.05) is 0 Å². The van der Waals surface area contributed by atoms with E-state index in [-0.39, 0.29) is 49.5 Å².